The molecule has 322 valence electrons. The van der Waals surface area contributed by atoms with Gasteiger partial charge in [-0.3, -0.25) is 18.9 Å². The fourth-order valence-electron chi connectivity index (χ4n) is 9.86. The standard InChI is InChI=1S/C23H34N4O3.C22H32N4O3/c1-16-6-7-19-18(14-16)24-20(28)27(19)17-8-11-26(12-9-17)23(5)10-13-25(15-23)21(29)30-22(2,3)4;1-15(2)29-21(28)24-12-9-22(4,14-24)25-10-7-17(8-11-25)26-19-6-5-16(3)13-18(19)23-20(26)27/h6-7,14,17H,8-13,15H2,1-5H3,(H,24,28);5-6,13,15,17H,7-12,14H2,1-4H3,(H,23,27). The van der Waals surface area contributed by atoms with Gasteiger partial charge in [-0.15, -0.1) is 0 Å². The lowest BCUT2D eigenvalue weighted by Crippen LogP contribution is -2.52. The predicted octanol–water partition coefficient (Wildman–Crippen LogP) is 6.96. The van der Waals surface area contributed by atoms with Gasteiger partial charge in [0.1, 0.15) is 5.60 Å². The number of nitrogens with one attached hydrogen (secondary N) is 2. The molecule has 4 fully saturated rings. The second kappa shape index (κ2) is 16.5. The Morgan fingerprint density at radius 2 is 1.08 bits per heavy atom. The van der Waals surface area contributed by atoms with Crippen molar-refractivity contribution in [3.8, 4) is 0 Å². The number of aryl methyl sites for hydroxylation is 2. The first kappa shape index (κ1) is 42.6. The van der Waals surface area contributed by atoms with Gasteiger partial charge in [0.2, 0.25) is 0 Å². The number of H-pyrrole nitrogens is 2. The molecule has 14 nitrogen and oxygen atoms in total. The number of benzene rings is 2. The molecule has 4 aliphatic heterocycles. The van der Waals surface area contributed by atoms with Crippen LogP contribution in [0, 0.1) is 13.8 Å². The van der Waals surface area contributed by atoms with E-state index in [9.17, 15) is 19.2 Å². The summed E-state index contributed by atoms with van der Waals surface area (Å²) in [6.45, 7) is 24.6. The summed E-state index contributed by atoms with van der Waals surface area (Å²) in [5, 5.41) is 0. The minimum Gasteiger partial charge on any atom is -0.447 e. The molecule has 2 atom stereocenters. The van der Waals surface area contributed by atoms with Crippen LogP contribution in [0.15, 0.2) is 46.0 Å². The molecule has 4 saturated heterocycles. The summed E-state index contributed by atoms with van der Waals surface area (Å²) in [6, 6.07) is 12.7. The largest absolute Gasteiger partial charge is 0.447 e. The van der Waals surface area contributed by atoms with Crippen LogP contribution in [0.1, 0.15) is 110 Å². The molecule has 2 amide bonds. The number of nitrogens with zero attached hydrogens (tertiary/aromatic N) is 6. The topological polar surface area (TPSA) is 141 Å². The molecule has 2 aromatic carbocycles. The van der Waals surface area contributed by atoms with E-state index < -0.39 is 5.60 Å². The molecule has 0 spiro atoms. The van der Waals surface area contributed by atoms with Crippen molar-refractivity contribution >= 4 is 34.3 Å². The second-order valence-corrected chi connectivity index (χ2v) is 19.3. The van der Waals surface area contributed by atoms with Crippen LogP contribution in [0.4, 0.5) is 9.59 Å². The predicted molar refractivity (Wildman–Crippen MR) is 231 cm³/mol. The summed E-state index contributed by atoms with van der Waals surface area (Å²) in [7, 11) is 0. The normalized spacial score (nSPS) is 24.0. The number of likely N-dealkylation sites (tertiary alicyclic amines) is 4. The third kappa shape index (κ3) is 9.13. The van der Waals surface area contributed by atoms with E-state index in [1.807, 2.05) is 91.7 Å². The fraction of sp³-hybridized carbons (Fsp3) is 0.644. The number of carbonyl (C=O) groups is 2. The zero-order valence-electron chi connectivity index (χ0n) is 36.7. The number of ether oxygens (including phenoxy) is 2. The van der Waals surface area contributed by atoms with E-state index in [1.54, 1.807) is 0 Å². The number of fused-ring (bicyclic) bond motifs is 2. The Bertz CT molecular complexity index is 2270. The van der Waals surface area contributed by atoms with Crippen molar-refractivity contribution in [2.24, 2.45) is 0 Å². The van der Waals surface area contributed by atoms with Gasteiger partial charge in [0.25, 0.3) is 0 Å². The number of aromatic amines is 2. The van der Waals surface area contributed by atoms with E-state index in [0.29, 0.717) is 13.1 Å². The van der Waals surface area contributed by atoms with Crippen LogP contribution in [0.3, 0.4) is 0 Å². The minimum atomic E-state index is -0.473. The molecule has 4 aliphatic rings. The second-order valence-electron chi connectivity index (χ2n) is 19.3. The summed E-state index contributed by atoms with van der Waals surface area (Å²) in [4.78, 5) is 64.6. The van der Waals surface area contributed by atoms with E-state index in [4.69, 9.17) is 9.47 Å². The third-order valence-corrected chi connectivity index (χ3v) is 13.1. The fourth-order valence-corrected chi connectivity index (χ4v) is 9.86. The summed E-state index contributed by atoms with van der Waals surface area (Å²) in [5.41, 5.74) is 5.55. The Labute approximate surface area is 347 Å². The molecule has 2 N–H and O–H groups in total. The van der Waals surface area contributed by atoms with Crippen LogP contribution in [0.5, 0.6) is 0 Å². The molecule has 2 aromatic heterocycles. The molecular weight excluding hydrogens is 749 g/mol. The molecule has 14 heteroatoms. The average molecular weight is 815 g/mol. The van der Waals surface area contributed by atoms with Gasteiger partial charge in [-0.25, -0.2) is 19.2 Å². The van der Waals surface area contributed by atoms with Crippen LogP contribution < -0.4 is 11.4 Å². The minimum absolute atomic E-state index is 0.0151. The Morgan fingerprint density at radius 3 is 1.47 bits per heavy atom. The van der Waals surface area contributed by atoms with Gasteiger partial charge in [-0.1, -0.05) is 12.1 Å². The zero-order chi connectivity index (χ0) is 42.4. The molecule has 0 aliphatic carbocycles. The number of aromatic nitrogens is 4. The van der Waals surface area contributed by atoms with E-state index >= 15 is 0 Å². The number of imidazole rings is 2. The van der Waals surface area contributed by atoms with Crippen molar-refractivity contribution in [2.75, 3.05) is 52.4 Å². The molecular formula is C45H66N8O6. The molecule has 8 rings (SSSR count). The van der Waals surface area contributed by atoms with Gasteiger partial charge in [0, 0.05) is 75.5 Å². The van der Waals surface area contributed by atoms with Crippen molar-refractivity contribution in [3.63, 3.8) is 0 Å². The number of piperidine rings is 2. The van der Waals surface area contributed by atoms with Gasteiger partial charge in [0.15, 0.2) is 0 Å². The molecule has 0 radical (unpaired) electrons. The van der Waals surface area contributed by atoms with Gasteiger partial charge in [-0.2, -0.15) is 0 Å². The summed E-state index contributed by atoms with van der Waals surface area (Å²) < 4.78 is 14.8. The molecule has 6 heterocycles. The van der Waals surface area contributed by atoms with Crippen molar-refractivity contribution in [3.05, 3.63) is 68.5 Å². The monoisotopic (exact) mass is 815 g/mol. The highest BCUT2D eigenvalue weighted by molar-refractivity contribution is 5.77. The first-order valence-corrected chi connectivity index (χ1v) is 21.7. The van der Waals surface area contributed by atoms with Gasteiger partial charge >= 0.3 is 23.6 Å². The molecule has 0 saturated carbocycles. The highest BCUT2D eigenvalue weighted by atomic mass is 16.6. The van der Waals surface area contributed by atoms with Crippen molar-refractivity contribution in [2.45, 2.75) is 136 Å². The van der Waals surface area contributed by atoms with Crippen LogP contribution in [-0.2, 0) is 9.47 Å². The summed E-state index contributed by atoms with van der Waals surface area (Å²) >= 11 is 0. The maximum atomic E-state index is 12.6. The van der Waals surface area contributed by atoms with Crippen molar-refractivity contribution in [1.29, 1.82) is 0 Å². The average Bonchev–Trinajstić information content (AvgIpc) is 3.93. The lowest BCUT2D eigenvalue weighted by Gasteiger charge is -2.43. The van der Waals surface area contributed by atoms with E-state index in [-0.39, 0.29) is 52.8 Å². The summed E-state index contributed by atoms with van der Waals surface area (Å²) in [6.07, 6.45) is 5.12. The van der Waals surface area contributed by atoms with Crippen molar-refractivity contribution in [1.82, 2.24) is 38.7 Å². The number of hydrogen-bond acceptors (Lipinski definition) is 8. The van der Waals surface area contributed by atoms with Gasteiger partial charge in [-0.05, 0) is 136 Å². The number of hydrogen-bond donors (Lipinski definition) is 2. The van der Waals surface area contributed by atoms with E-state index in [0.717, 1.165) is 111 Å². The van der Waals surface area contributed by atoms with Crippen LogP contribution in [-0.4, -0.2) is 126 Å². The Morgan fingerprint density at radius 1 is 0.678 bits per heavy atom. The Hall–Kier alpha value is -4.56. The van der Waals surface area contributed by atoms with E-state index in [2.05, 4.69) is 45.7 Å². The molecule has 59 heavy (non-hydrogen) atoms. The van der Waals surface area contributed by atoms with Gasteiger partial charge in [0.05, 0.1) is 28.2 Å². The smallest absolute Gasteiger partial charge is 0.410 e. The number of carbonyl (C=O) groups excluding carboxylic acids is 2. The lowest BCUT2D eigenvalue weighted by atomic mass is 9.93. The number of rotatable bonds is 5. The molecule has 0 bridgehead atoms. The zero-order valence-corrected chi connectivity index (χ0v) is 36.7. The third-order valence-electron chi connectivity index (χ3n) is 13.1. The maximum absolute atomic E-state index is 12.6. The first-order valence-electron chi connectivity index (χ1n) is 21.7. The SMILES string of the molecule is Cc1ccc2c(c1)[nH]c(=O)n2C1CCN(C2(C)CCN(C(=O)OC(C)(C)C)C2)CC1.Cc1ccc2c(c1)[nH]c(=O)n2C1CCN(C2(C)CCN(C(=O)OC(C)C)C2)CC1. The highest BCUT2D eigenvalue weighted by Gasteiger charge is 2.44. The Balaban J connectivity index is 0.000000179. The van der Waals surface area contributed by atoms with Crippen LogP contribution >= 0.6 is 0 Å². The highest BCUT2D eigenvalue weighted by Crippen LogP contribution is 2.36. The molecule has 2 unspecified atom stereocenters. The van der Waals surface area contributed by atoms with Gasteiger partial charge < -0.3 is 29.2 Å². The Kier molecular flexibility index (Phi) is 11.9. The lowest BCUT2D eigenvalue weighted by molar-refractivity contribution is 0.0221. The van der Waals surface area contributed by atoms with Crippen molar-refractivity contribution < 1.29 is 19.1 Å². The van der Waals surface area contributed by atoms with Crippen LogP contribution in [0.2, 0.25) is 0 Å². The van der Waals surface area contributed by atoms with Crippen LogP contribution in [0.25, 0.3) is 22.1 Å². The molecule has 4 aromatic rings. The number of amides is 2. The quantitative estimate of drug-likeness (QED) is 0.221. The maximum Gasteiger partial charge on any atom is 0.410 e. The first-order chi connectivity index (χ1) is 27.8. The van der Waals surface area contributed by atoms with E-state index in [1.165, 1.54) is 0 Å². The summed E-state index contributed by atoms with van der Waals surface area (Å²) in [5.74, 6) is 0.